The standard InChI is InChI=1S/C20H23F3N4O3/c1-8-14-12(18(28)25-19(29)27(14)10-3-4-10)16(30-2)13(21)15(8)26-6-9-5-20(22,23)17(24)11(9)7-26/h9-11,17H,3-7,24H2,1-2H3,(H,25,28,29). The number of ether oxygens (including phenoxy) is 1. The summed E-state index contributed by atoms with van der Waals surface area (Å²) in [5.41, 5.74) is 5.48. The van der Waals surface area contributed by atoms with Gasteiger partial charge in [0.05, 0.1) is 24.4 Å². The molecule has 2 saturated carbocycles. The Hall–Kier alpha value is -2.49. The number of fused-ring (bicyclic) bond motifs is 2. The molecular weight excluding hydrogens is 401 g/mol. The van der Waals surface area contributed by atoms with Gasteiger partial charge in [-0.3, -0.25) is 14.3 Å². The number of alkyl halides is 2. The van der Waals surface area contributed by atoms with E-state index in [0.29, 0.717) is 11.1 Å². The van der Waals surface area contributed by atoms with E-state index in [2.05, 4.69) is 4.98 Å². The molecule has 3 fully saturated rings. The number of nitrogens with two attached hydrogens (primary N) is 1. The van der Waals surface area contributed by atoms with Crippen molar-refractivity contribution in [2.75, 3.05) is 25.1 Å². The van der Waals surface area contributed by atoms with Crippen molar-refractivity contribution in [3.8, 4) is 5.75 Å². The number of halogens is 3. The van der Waals surface area contributed by atoms with E-state index in [4.69, 9.17) is 10.5 Å². The van der Waals surface area contributed by atoms with Crippen LogP contribution in [0.5, 0.6) is 5.75 Å². The van der Waals surface area contributed by atoms with E-state index in [1.165, 1.54) is 11.7 Å². The summed E-state index contributed by atoms with van der Waals surface area (Å²) in [5.74, 6) is -4.69. The van der Waals surface area contributed by atoms with Gasteiger partial charge in [-0.25, -0.2) is 18.0 Å². The summed E-state index contributed by atoms with van der Waals surface area (Å²) in [5, 5.41) is -0.00891. The average Bonchev–Trinajstić information content (AvgIpc) is 3.38. The Kier molecular flexibility index (Phi) is 4.06. The molecule has 2 aliphatic carbocycles. The van der Waals surface area contributed by atoms with Gasteiger partial charge in [-0.2, -0.15) is 0 Å². The molecule has 0 amide bonds. The summed E-state index contributed by atoms with van der Waals surface area (Å²) in [6.45, 7) is 2.07. The highest BCUT2D eigenvalue weighted by atomic mass is 19.3. The van der Waals surface area contributed by atoms with Gasteiger partial charge in [-0.1, -0.05) is 0 Å². The first kappa shape index (κ1) is 19.5. The highest BCUT2D eigenvalue weighted by molar-refractivity contribution is 5.93. The van der Waals surface area contributed by atoms with E-state index in [1.807, 2.05) is 0 Å². The maximum Gasteiger partial charge on any atom is 0.329 e. The second kappa shape index (κ2) is 6.26. The zero-order valence-electron chi connectivity index (χ0n) is 16.7. The minimum absolute atomic E-state index is 0.00891. The third-order valence-electron chi connectivity index (χ3n) is 6.90. The van der Waals surface area contributed by atoms with Crippen molar-refractivity contribution in [1.29, 1.82) is 0 Å². The molecule has 7 nitrogen and oxygen atoms in total. The van der Waals surface area contributed by atoms with E-state index in [1.54, 1.807) is 11.8 Å². The predicted molar refractivity (Wildman–Crippen MR) is 105 cm³/mol. The van der Waals surface area contributed by atoms with Gasteiger partial charge >= 0.3 is 5.69 Å². The topological polar surface area (TPSA) is 93.3 Å². The van der Waals surface area contributed by atoms with Gasteiger partial charge in [0, 0.05) is 37.0 Å². The Bertz CT molecular complexity index is 1170. The van der Waals surface area contributed by atoms with Crippen LogP contribution in [0.1, 0.15) is 30.9 Å². The van der Waals surface area contributed by atoms with Crippen molar-refractivity contribution in [2.45, 2.75) is 44.2 Å². The number of hydrogen-bond acceptors (Lipinski definition) is 5. The van der Waals surface area contributed by atoms with Gasteiger partial charge in [-0.15, -0.1) is 0 Å². The minimum Gasteiger partial charge on any atom is -0.493 e. The van der Waals surface area contributed by atoms with Gasteiger partial charge < -0.3 is 15.4 Å². The Morgan fingerprint density at radius 1 is 1.23 bits per heavy atom. The van der Waals surface area contributed by atoms with Crippen molar-refractivity contribution in [3.05, 3.63) is 32.2 Å². The zero-order valence-corrected chi connectivity index (χ0v) is 16.7. The molecule has 0 spiro atoms. The molecule has 5 rings (SSSR count). The van der Waals surface area contributed by atoms with E-state index in [0.717, 1.165) is 12.8 Å². The Balaban J connectivity index is 1.72. The van der Waals surface area contributed by atoms with Crippen LogP contribution in [0.4, 0.5) is 18.9 Å². The van der Waals surface area contributed by atoms with Gasteiger partial charge in [0.2, 0.25) is 0 Å². The number of methoxy groups -OCH3 is 1. The monoisotopic (exact) mass is 424 g/mol. The van der Waals surface area contributed by atoms with Crippen molar-refractivity contribution in [2.24, 2.45) is 17.6 Å². The smallest absolute Gasteiger partial charge is 0.329 e. The van der Waals surface area contributed by atoms with E-state index in [9.17, 15) is 18.4 Å². The maximum absolute atomic E-state index is 15.6. The number of aryl methyl sites for hydroxylation is 1. The summed E-state index contributed by atoms with van der Waals surface area (Å²) < 4.78 is 50.3. The van der Waals surface area contributed by atoms with Crippen LogP contribution in [0.25, 0.3) is 10.9 Å². The van der Waals surface area contributed by atoms with Crippen molar-refractivity contribution in [1.82, 2.24) is 9.55 Å². The minimum atomic E-state index is -2.92. The molecule has 3 N–H and O–H groups in total. The molecule has 3 atom stereocenters. The van der Waals surface area contributed by atoms with Crippen LogP contribution in [0.15, 0.2) is 9.59 Å². The number of H-pyrrole nitrogens is 1. The van der Waals surface area contributed by atoms with Crippen LogP contribution in [0.2, 0.25) is 0 Å². The number of hydrogen-bond donors (Lipinski definition) is 2. The lowest BCUT2D eigenvalue weighted by atomic mass is 9.98. The molecule has 3 aliphatic rings. The first-order valence-electron chi connectivity index (χ1n) is 10.1. The van der Waals surface area contributed by atoms with Crippen LogP contribution >= 0.6 is 0 Å². The summed E-state index contributed by atoms with van der Waals surface area (Å²) in [6.07, 6.45) is 1.24. The quantitative estimate of drug-likeness (QED) is 0.785. The largest absolute Gasteiger partial charge is 0.493 e. The van der Waals surface area contributed by atoms with E-state index < -0.39 is 34.9 Å². The highest BCUT2D eigenvalue weighted by Crippen LogP contribution is 2.49. The third kappa shape index (κ3) is 2.55. The van der Waals surface area contributed by atoms with E-state index in [-0.39, 0.29) is 48.3 Å². The number of anilines is 1. The lowest BCUT2D eigenvalue weighted by molar-refractivity contribution is -0.0146. The highest BCUT2D eigenvalue weighted by Gasteiger charge is 2.57. The number of nitrogens with one attached hydrogen (secondary N) is 1. The molecular formula is C20H23F3N4O3. The lowest BCUT2D eigenvalue weighted by Gasteiger charge is -2.27. The normalized spacial score (nSPS) is 27.7. The summed E-state index contributed by atoms with van der Waals surface area (Å²) in [7, 11) is 1.26. The van der Waals surface area contributed by atoms with Crippen LogP contribution in [0.3, 0.4) is 0 Å². The van der Waals surface area contributed by atoms with Crippen molar-refractivity contribution in [3.63, 3.8) is 0 Å². The van der Waals surface area contributed by atoms with Gasteiger partial charge in [-0.05, 0) is 25.7 Å². The molecule has 1 aromatic carbocycles. The van der Waals surface area contributed by atoms with E-state index >= 15 is 4.39 Å². The average molecular weight is 424 g/mol. The third-order valence-corrected chi connectivity index (χ3v) is 6.90. The van der Waals surface area contributed by atoms with Crippen molar-refractivity contribution >= 4 is 16.6 Å². The molecule has 0 radical (unpaired) electrons. The number of aromatic amines is 1. The predicted octanol–water partition coefficient (Wildman–Crippen LogP) is 1.90. The maximum atomic E-state index is 15.6. The molecule has 0 bridgehead atoms. The fourth-order valence-corrected chi connectivity index (χ4v) is 5.37. The molecule has 2 heterocycles. The van der Waals surface area contributed by atoms with Gasteiger partial charge in [0.15, 0.2) is 11.6 Å². The summed E-state index contributed by atoms with van der Waals surface area (Å²) >= 11 is 0. The summed E-state index contributed by atoms with van der Waals surface area (Å²) in [6, 6.07) is -1.34. The molecule has 1 saturated heterocycles. The first-order valence-corrected chi connectivity index (χ1v) is 10.1. The number of rotatable bonds is 3. The Morgan fingerprint density at radius 2 is 1.93 bits per heavy atom. The van der Waals surface area contributed by atoms with Gasteiger partial charge in [0.25, 0.3) is 11.5 Å². The molecule has 1 aliphatic heterocycles. The molecule has 1 aromatic heterocycles. The van der Waals surface area contributed by atoms with Crippen LogP contribution in [0, 0.1) is 24.6 Å². The SMILES string of the molecule is COc1c(F)c(N2CC3CC(F)(F)C(N)C3C2)c(C)c2c1c(=O)[nH]c(=O)n2C1CC1. The first-order chi connectivity index (χ1) is 14.2. The number of nitrogens with zero attached hydrogens (tertiary/aromatic N) is 2. The van der Waals surface area contributed by atoms with Crippen molar-refractivity contribution < 1.29 is 17.9 Å². The van der Waals surface area contributed by atoms with Crippen LogP contribution < -0.4 is 26.6 Å². The molecule has 162 valence electrons. The second-order valence-corrected chi connectivity index (χ2v) is 8.72. The lowest BCUT2D eigenvalue weighted by Crippen LogP contribution is -2.42. The Morgan fingerprint density at radius 3 is 2.53 bits per heavy atom. The molecule has 3 unspecified atom stereocenters. The molecule has 10 heteroatoms. The number of aromatic nitrogens is 2. The fraction of sp³-hybridized carbons (Fsp3) is 0.600. The zero-order chi connectivity index (χ0) is 21.5. The second-order valence-electron chi connectivity index (χ2n) is 8.72. The fourth-order valence-electron chi connectivity index (χ4n) is 5.37. The Labute approximate surface area is 169 Å². The van der Waals surface area contributed by atoms with Crippen LogP contribution in [-0.2, 0) is 0 Å². The van der Waals surface area contributed by atoms with Gasteiger partial charge in [0.1, 0.15) is 5.39 Å². The summed E-state index contributed by atoms with van der Waals surface area (Å²) in [4.78, 5) is 29.1. The molecule has 30 heavy (non-hydrogen) atoms. The number of benzene rings is 1. The molecule has 2 aromatic rings. The van der Waals surface area contributed by atoms with Crippen LogP contribution in [-0.4, -0.2) is 41.7 Å².